The number of nitrogens with two attached hydrogens (primary N) is 1. The van der Waals surface area contributed by atoms with Crippen molar-refractivity contribution < 1.29 is 9.90 Å². The Morgan fingerprint density at radius 1 is 1.33 bits per heavy atom. The smallest absolute Gasteiger partial charge is 0.259 e. The Bertz CT molecular complexity index is 602. The molecule has 0 saturated heterocycles. The average molecular weight is 264 g/mol. The van der Waals surface area contributed by atoms with E-state index in [9.17, 15) is 9.90 Å². The van der Waals surface area contributed by atoms with Gasteiger partial charge in [-0.05, 0) is 24.3 Å². The second-order valence-corrected chi connectivity index (χ2v) is 3.90. The number of amides is 1. The molecule has 1 aromatic carbocycles. The second-order valence-electron chi connectivity index (χ2n) is 3.54. The molecule has 0 aliphatic rings. The number of aromatic hydroxyl groups is 1. The van der Waals surface area contributed by atoms with Crippen molar-refractivity contribution in [2.45, 2.75) is 0 Å². The Labute approximate surface area is 108 Å². The molecule has 0 fully saturated rings. The number of nitrogen functional groups attached to an aromatic ring is 1. The van der Waals surface area contributed by atoms with Crippen LogP contribution in [-0.2, 0) is 0 Å². The van der Waals surface area contributed by atoms with Gasteiger partial charge in [0.1, 0.15) is 0 Å². The summed E-state index contributed by atoms with van der Waals surface area (Å²) in [5.74, 6) is -0.760. The van der Waals surface area contributed by atoms with Gasteiger partial charge in [0, 0.05) is 6.20 Å². The summed E-state index contributed by atoms with van der Waals surface area (Å²) in [7, 11) is 0. The first-order chi connectivity index (χ1) is 8.59. The third kappa shape index (κ3) is 2.36. The Balaban J connectivity index is 2.28. The van der Waals surface area contributed by atoms with E-state index in [2.05, 4.69) is 10.3 Å². The maximum atomic E-state index is 11.9. The molecule has 1 amide bonds. The number of pyridine rings is 1. The fourth-order valence-electron chi connectivity index (χ4n) is 1.41. The largest absolute Gasteiger partial charge is 0.505 e. The van der Waals surface area contributed by atoms with Gasteiger partial charge in [-0.25, -0.2) is 4.98 Å². The Morgan fingerprint density at radius 2 is 2.11 bits per heavy atom. The SMILES string of the molecule is Nc1cccc(C(=O)Nc2cccnc2Cl)c1O. The van der Waals surface area contributed by atoms with E-state index in [0.717, 1.165) is 0 Å². The number of benzene rings is 1. The molecule has 0 atom stereocenters. The minimum absolute atomic E-state index is 0.0786. The van der Waals surface area contributed by atoms with E-state index < -0.39 is 5.91 Å². The van der Waals surface area contributed by atoms with Gasteiger partial charge in [-0.15, -0.1) is 0 Å². The molecule has 6 heteroatoms. The Hall–Kier alpha value is -2.27. The third-order valence-corrected chi connectivity index (χ3v) is 2.62. The number of nitrogens with zero attached hydrogens (tertiary/aromatic N) is 1. The number of hydrogen-bond donors (Lipinski definition) is 3. The van der Waals surface area contributed by atoms with Crippen LogP contribution in [0.2, 0.25) is 5.15 Å². The Morgan fingerprint density at radius 3 is 2.83 bits per heavy atom. The van der Waals surface area contributed by atoms with Gasteiger partial charge < -0.3 is 16.2 Å². The first kappa shape index (κ1) is 12.2. The van der Waals surface area contributed by atoms with Gasteiger partial charge in [0.05, 0.1) is 16.9 Å². The molecule has 2 rings (SSSR count). The van der Waals surface area contributed by atoms with Gasteiger partial charge in [-0.2, -0.15) is 0 Å². The molecule has 0 aliphatic carbocycles. The summed E-state index contributed by atoms with van der Waals surface area (Å²) in [4.78, 5) is 15.8. The zero-order valence-corrected chi connectivity index (χ0v) is 9.98. The minimum atomic E-state index is -0.505. The highest BCUT2D eigenvalue weighted by Gasteiger charge is 2.14. The van der Waals surface area contributed by atoms with Crippen molar-refractivity contribution in [1.29, 1.82) is 0 Å². The summed E-state index contributed by atoms with van der Waals surface area (Å²) >= 11 is 5.81. The zero-order chi connectivity index (χ0) is 13.1. The maximum Gasteiger partial charge on any atom is 0.259 e. The van der Waals surface area contributed by atoms with Crippen LogP contribution in [0, 0.1) is 0 Å². The van der Waals surface area contributed by atoms with Gasteiger partial charge in [-0.3, -0.25) is 4.79 Å². The summed E-state index contributed by atoms with van der Waals surface area (Å²) in [5, 5.41) is 12.4. The van der Waals surface area contributed by atoms with E-state index in [4.69, 9.17) is 17.3 Å². The monoisotopic (exact) mass is 263 g/mol. The zero-order valence-electron chi connectivity index (χ0n) is 9.22. The van der Waals surface area contributed by atoms with Gasteiger partial charge in [0.15, 0.2) is 10.9 Å². The number of aromatic nitrogens is 1. The third-order valence-electron chi connectivity index (χ3n) is 2.32. The van der Waals surface area contributed by atoms with Gasteiger partial charge in [0.25, 0.3) is 5.91 Å². The summed E-state index contributed by atoms with van der Waals surface area (Å²) in [6.07, 6.45) is 1.51. The second kappa shape index (κ2) is 4.93. The van der Waals surface area contributed by atoms with Crippen molar-refractivity contribution in [2.24, 2.45) is 0 Å². The molecular weight excluding hydrogens is 254 g/mol. The highest BCUT2D eigenvalue weighted by atomic mass is 35.5. The summed E-state index contributed by atoms with van der Waals surface area (Å²) in [6.45, 7) is 0. The first-order valence-corrected chi connectivity index (χ1v) is 5.46. The van der Waals surface area contributed by atoms with Crippen LogP contribution in [0.3, 0.4) is 0 Å². The van der Waals surface area contributed by atoms with Crippen molar-refractivity contribution in [3.8, 4) is 5.75 Å². The van der Waals surface area contributed by atoms with E-state index in [1.54, 1.807) is 18.2 Å². The Kier molecular flexibility index (Phi) is 3.34. The van der Waals surface area contributed by atoms with Crippen LogP contribution in [0.1, 0.15) is 10.4 Å². The van der Waals surface area contributed by atoms with E-state index in [-0.39, 0.29) is 22.2 Å². The number of para-hydroxylation sites is 1. The highest BCUT2D eigenvalue weighted by Crippen LogP contribution is 2.26. The van der Waals surface area contributed by atoms with Crippen LogP contribution < -0.4 is 11.1 Å². The van der Waals surface area contributed by atoms with Crippen molar-refractivity contribution in [3.63, 3.8) is 0 Å². The molecule has 0 radical (unpaired) electrons. The number of halogens is 1. The molecular formula is C12H10ClN3O2. The number of nitrogens with one attached hydrogen (secondary N) is 1. The molecule has 92 valence electrons. The van der Waals surface area contributed by atoms with Crippen molar-refractivity contribution in [1.82, 2.24) is 4.98 Å². The lowest BCUT2D eigenvalue weighted by Crippen LogP contribution is -2.13. The minimum Gasteiger partial charge on any atom is -0.505 e. The molecule has 0 unspecified atom stereocenters. The van der Waals surface area contributed by atoms with Crippen LogP contribution in [0.4, 0.5) is 11.4 Å². The number of phenolic OH excluding ortho intramolecular Hbond substituents is 1. The maximum absolute atomic E-state index is 11.9. The van der Waals surface area contributed by atoms with Gasteiger partial charge in [-0.1, -0.05) is 17.7 Å². The van der Waals surface area contributed by atoms with E-state index in [1.165, 1.54) is 18.3 Å². The number of anilines is 2. The van der Waals surface area contributed by atoms with Crippen LogP contribution in [0.5, 0.6) is 5.75 Å². The molecule has 0 bridgehead atoms. The van der Waals surface area contributed by atoms with Crippen LogP contribution in [0.25, 0.3) is 0 Å². The first-order valence-electron chi connectivity index (χ1n) is 5.09. The fourth-order valence-corrected chi connectivity index (χ4v) is 1.58. The molecule has 1 aromatic heterocycles. The quantitative estimate of drug-likeness (QED) is 0.441. The van der Waals surface area contributed by atoms with E-state index >= 15 is 0 Å². The van der Waals surface area contributed by atoms with E-state index in [0.29, 0.717) is 5.69 Å². The average Bonchev–Trinajstić information content (AvgIpc) is 2.35. The number of phenols is 1. The molecule has 0 saturated carbocycles. The standard InChI is InChI=1S/C12H10ClN3O2/c13-11-9(5-2-6-15-11)16-12(18)7-3-1-4-8(14)10(7)17/h1-6,17H,14H2,(H,16,18). The van der Waals surface area contributed by atoms with Gasteiger partial charge >= 0.3 is 0 Å². The highest BCUT2D eigenvalue weighted by molar-refractivity contribution is 6.32. The van der Waals surface area contributed by atoms with Crippen molar-refractivity contribution >= 4 is 28.9 Å². The van der Waals surface area contributed by atoms with Crippen molar-refractivity contribution in [3.05, 3.63) is 47.2 Å². The number of hydrogen-bond acceptors (Lipinski definition) is 4. The number of rotatable bonds is 2. The number of carbonyl (C=O) groups excluding carboxylic acids is 1. The lowest BCUT2D eigenvalue weighted by molar-refractivity contribution is 0.102. The predicted molar refractivity (Wildman–Crippen MR) is 69.7 cm³/mol. The van der Waals surface area contributed by atoms with Crippen LogP contribution in [-0.4, -0.2) is 16.0 Å². The molecule has 5 nitrogen and oxygen atoms in total. The topological polar surface area (TPSA) is 88.2 Å². The van der Waals surface area contributed by atoms with Crippen molar-refractivity contribution in [2.75, 3.05) is 11.1 Å². The fraction of sp³-hybridized carbons (Fsp3) is 0. The molecule has 2 aromatic rings. The summed E-state index contributed by atoms with van der Waals surface area (Å²) in [5.41, 5.74) is 6.10. The number of carbonyl (C=O) groups is 1. The molecule has 18 heavy (non-hydrogen) atoms. The molecule has 1 heterocycles. The normalized spacial score (nSPS) is 10.1. The lowest BCUT2D eigenvalue weighted by atomic mass is 10.1. The van der Waals surface area contributed by atoms with Gasteiger partial charge in [0.2, 0.25) is 0 Å². The van der Waals surface area contributed by atoms with E-state index in [1.807, 2.05) is 0 Å². The lowest BCUT2D eigenvalue weighted by Gasteiger charge is -2.08. The summed E-state index contributed by atoms with van der Waals surface area (Å²) < 4.78 is 0. The molecule has 4 N–H and O–H groups in total. The summed E-state index contributed by atoms with van der Waals surface area (Å²) in [6, 6.07) is 7.79. The van der Waals surface area contributed by atoms with Crippen LogP contribution >= 0.6 is 11.6 Å². The predicted octanol–water partition coefficient (Wildman–Crippen LogP) is 2.28. The molecule has 0 aliphatic heterocycles. The molecule has 0 spiro atoms. The van der Waals surface area contributed by atoms with Crippen LogP contribution in [0.15, 0.2) is 36.5 Å².